The molecule has 4 rings (SSSR count). The van der Waals surface area contributed by atoms with Crippen molar-refractivity contribution < 1.29 is 9.26 Å². The summed E-state index contributed by atoms with van der Waals surface area (Å²) in [4.78, 5) is 21.5. The lowest BCUT2D eigenvalue weighted by molar-refractivity contribution is 0.0835. The molecule has 0 radical (unpaired) electrons. The van der Waals surface area contributed by atoms with E-state index in [0.717, 1.165) is 19.4 Å². The Morgan fingerprint density at radius 1 is 1.30 bits per heavy atom. The summed E-state index contributed by atoms with van der Waals surface area (Å²) in [6.45, 7) is 2.75. The largest absolute Gasteiger partial charge is 0.368 e. The van der Waals surface area contributed by atoms with Crippen molar-refractivity contribution >= 4 is 10.9 Å². The molecule has 0 saturated carbocycles. The molecule has 0 aliphatic carbocycles. The maximum atomic E-state index is 12.6. The van der Waals surface area contributed by atoms with Crippen molar-refractivity contribution in [2.45, 2.75) is 32.4 Å². The van der Waals surface area contributed by atoms with Crippen molar-refractivity contribution in [1.29, 1.82) is 0 Å². The Hall–Kier alpha value is -2.54. The molecule has 1 aliphatic heterocycles. The average molecular weight is 312 g/mol. The second-order valence-electron chi connectivity index (χ2n) is 5.62. The van der Waals surface area contributed by atoms with Gasteiger partial charge in [0.1, 0.15) is 11.9 Å². The Balaban J connectivity index is 1.69. The van der Waals surface area contributed by atoms with Crippen LogP contribution in [0.4, 0.5) is 0 Å². The van der Waals surface area contributed by atoms with E-state index in [1.165, 1.54) is 0 Å². The first-order valence-electron chi connectivity index (χ1n) is 7.62. The minimum absolute atomic E-state index is 0.100. The van der Waals surface area contributed by atoms with Crippen LogP contribution in [-0.2, 0) is 11.3 Å². The first-order valence-corrected chi connectivity index (χ1v) is 7.62. The van der Waals surface area contributed by atoms with Crippen LogP contribution >= 0.6 is 0 Å². The van der Waals surface area contributed by atoms with Gasteiger partial charge < -0.3 is 9.26 Å². The number of fused-ring (bicyclic) bond motifs is 1. The van der Waals surface area contributed by atoms with Crippen molar-refractivity contribution in [3.63, 3.8) is 0 Å². The molecule has 23 heavy (non-hydrogen) atoms. The van der Waals surface area contributed by atoms with E-state index in [0.29, 0.717) is 28.4 Å². The predicted octanol–water partition coefficient (Wildman–Crippen LogP) is 1.99. The monoisotopic (exact) mass is 312 g/mol. The summed E-state index contributed by atoms with van der Waals surface area (Å²) >= 11 is 0. The quantitative estimate of drug-likeness (QED) is 0.735. The van der Waals surface area contributed by atoms with Crippen LogP contribution in [-0.4, -0.2) is 26.3 Å². The zero-order valence-electron chi connectivity index (χ0n) is 12.7. The SMILES string of the molecule is Cc1nc2ccccc2c(=O)n1Cc1noc(C2CCCO2)n1. The lowest BCUT2D eigenvalue weighted by atomic mass is 10.2. The molecule has 1 aromatic carbocycles. The number of benzene rings is 1. The third-order valence-corrected chi connectivity index (χ3v) is 4.04. The van der Waals surface area contributed by atoms with Gasteiger partial charge in [-0.05, 0) is 31.9 Å². The molecule has 1 saturated heterocycles. The van der Waals surface area contributed by atoms with Crippen LogP contribution in [0.5, 0.6) is 0 Å². The molecule has 3 heterocycles. The van der Waals surface area contributed by atoms with E-state index >= 15 is 0 Å². The molecule has 0 amide bonds. The summed E-state index contributed by atoms with van der Waals surface area (Å²) in [5, 5.41) is 4.55. The average Bonchev–Trinajstić information content (AvgIpc) is 3.22. The number of rotatable bonds is 3. The van der Waals surface area contributed by atoms with Crippen LogP contribution in [0.15, 0.2) is 33.6 Å². The molecular formula is C16H16N4O3. The Morgan fingerprint density at radius 2 is 2.17 bits per heavy atom. The van der Waals surface area contributed by atoms with Gasteiger partial charge in [-0.15, -0.1) is 0 Å². The molecule has 0 bridgehead atoms. The number of hydrogen-bond acceptors (Lipinski definition) is 6. The highest BCUT2D eigenvalue weighted by atomic mass is 16.5. The molecule has 7 heteroatoms. The standard InChI is InChI=1S/C16H16N4O3/c1-10-17-12-6-3-2-5-11(12)16(21)20(10)9-14-18-15(23-19-14)13-7-4-8-22-13/h2-3,5-6,13H,4,7-9H2,1H3. The van der Waals surface area contributed by atoms with Crippen LogP contribution in [0.3, 0.4) is 0 Å². The van der Waals surface area contributed by atoms with Crippen LogP contribution in [0.25, 0.3) is 10.9 Å². The Bertz CT molecular complexity index is 909. The summed E-state index contributed by atoms with van der Waals surface area (Å²) in [5.41, 5.74) is 0.593. The molecule has 3 aromatic rings. The smallest absolute Gasteiger partial charge is 0.261 e. The number of aryl methyl sites for hydroxylation is 1. The van der Waals surface area contributed by atoms with Gasteiger partial charge in [0.2, 0.25) is 0 Å². The Labute approximate surface area is 131 Å². The van der Waals surface area contributed by atoms with Crippen molar-refractivity contribution in [3.8, 4) is 0 Å². The number of para-hydroxylation sites is 1. The van der Waals surface area contributed by atoms with Crippen molar-refractivity contribution in [2.24, 2.45) is 0 Å². The Morgan fingerprint density at radius 3 is 3.00 bits per heavy atom. The van der Waals surface area contributed by atoms with E-state index in [1.807, 2.05) is 18.2 Å². The fourth-order valence-electron chi connectivity index (χ4n) is 2.84. The third kappa shape index (κ3) is 2.53. The van der Waals surface area contributed by atoms with Gasteiger partial charge in [-0.1, -0.05) is 17.3 Å². The number of aromatic nitrogens is 4. The van der Waals surface area contributed by atoms with Gasteiger partial charge in [0.15, 0.2) is 5.82 Å². The van der Waals surface area contributed by atoms with Crippen LogP contribution < -0.4 is 5.56 Å². The molecular weight excluding hydrogens is 296 g/mol. The third-order valence-electron chi connectivity index (χ3n) is 4.04. The highest BCUT2D eigenvalue weighted by Gasteiger charge is 2.24. The molecule has 2 aromatic heterocycles. The molecule has 1 fully saturated rings. The minimum atomic E-state index is -0.121. The fourth-order valence-corrected chi connectivity index (χ4v) is 2.84. The molecule has 1 unspecified atom stereocenters. The van der Waals surface area contributed by atoms with E-state index in [4.69, 9.17) is 9.26 Å². The fraction of sp³-hybridized carbons (Fsp3) is 0.375. The number of hydrogen-bond donors (Lipinski definition) is 0. The van der Waals surface area contributed by atoms with E-state index in [-0.39, 0.29) is 18.2 Å². The predicted molar refractivity (Wildman–Crippen MR) is 82.1 cm³/mol. The topological polar surface area (TPSA) is 83.0 Å². The summed E-state index contributed by atoms with van der Waals surface area (Å²) in [6, 6.07) is 7.30. The first kappa shape index (κ1) is 14.1. The van der Waals surface area contributed by atoms with E-state index in [2.05, 4.69) is 15.1 Å². The van der Waals surface area contributed by atoms with E-state index in [1.54, 1.807) is 17.6 Å². The Kier molecular flexibility index (Phi) is 3.42. The van der Waals surface area contributed by atoms with E-state index < -0.39 is 0 Å². The van der Waals surface area contributed by atoms with Crippen LogP contribution in [0, 0.1) is 6.92 Å². The second-order valence-corrected chi connectivity index (χ2v) is 5.62. The molecule has 118 valence electrons. The van der Waals surface area contributed by atoms with Crippen LogP contribution in [0.1, 0.15) is 36.5 Å². The highest BCUT2D eigenvalue weighted by Crippen LogP contribution is 2.26. The molecule has 1 atom stereocenters. The molecule has 0 spiro atoms. The van der Waals surface area contributed by atoms with Crippen molar-refractivity contribution in [1.82, 2.24) is 19.7 Å². The second kappa shape index (κ2) is 5.58. The van der Waals surface area contributed by atoms with Gasteiger partial charge >= 0.3 is 0 Å². The van der Waals surface area contributed by atoms with Gasteiger partial charge in [0.25, 0.3) is 11.4 Å². The normalized spacial score (nSPS) is 17.9. The van der Waals surface area contributed by atoms with Crippen LogP contribution in [0.2, 0.25) is 0 Å². The minimum Gasteiger partial charge on any atom is -0.368 e. The van der Waals surface area contributed by atoms with E-state index in [9.17, 15) is 4.79 Å². The lowest BCUT2D eigenvalue weighted by Crippen LogP contribution is -2.24. The van der Waals surface area contributed by atoms with Crippen molar-refractivity contribution in [3.05, 3.63) is 52.2 Å². The van der Waals surface area contributed by atoms with Gasteiger partial charge in [-0.2, -0.15) is 4.98 Å². The van der Waals surface area contributed by atoms with Gasteiger partial charge in [0.05, 0.1) is 17.4 Å². The highest BCUT2D eigenvalue weighted by molar-refractivity contribution is 5.77. The molecule has 7 nitrogen and oxygen atoms in total. The van der Waals surface area contributed by atoms with Gasteiger partial charge in [-0.25, -0.2) is 4.98 Å². The molecule has 1 aliphatic rings. The maximum absolute atomic E-state index is 12.6. The summed E-state index contributed by atoms with van der Waals surface area (Å²) < 4.78 is 12.4. The first-order chi connectivity index (χ1) is 11.2. The maximum Gasteiger partial charge on any atom is 0.261 e. The van der Waals surface area contributed by atoms with Gasteiger partial charge in [-0.3, -0.25) is 9.36 Å². The zero-order valence-corrected chi connectivity index (χ0v) is 12.7. The van der Waals surface area contributed by atoms with Crippen molar-refractivity contribution in [2.75, 3.05) is 6.61 Å². The summed E-state index contributed by atoms with van der Waals surface area (Å²) in [5.74, 6) is 1.56. The number of nitrogens with zero attached hydrogens (tertiary/aromatic N) is 4. The molecule has 0 N–H and O–H groups in total. The summed E-state index contributed by atoms with van der Waals surface area (Å²) in [7, 11) is 0. The van der Waals surface area contributed by atoms with Gasteiger partial charge in [0, 0.05) is 6.61 Å². The lowest BCUT2D eigenvalue weighted by Gasteiger charge is -2.08. The summed E-state index contributed by atoms with van der Waals surface area (Å²) in [6.07, 6.45) is 1.76. The zero-order chi connectivity index (χ0) is 15.8. The number of ether oxygens (including phenoxy) is 1.